The molecule has 0 fully saturated rings. The molecule has 0 spiro atoms. The summed E-state index contributed by atoms with van der Waals surface area (Å²) in [7, 11) is 0. The molecule has 1 heterocycles. The lowest BCUT2D eigenvalue weighted by atomic mass is 10.1. The quantitative estimate of drug-likeness (QED) is 0.767. The number of alkyl halides is 3. The summed E-state index contributed by atoms with van der Waals surface area (Å²) in [4.78, 5) is 26.6. The van der Waals surface area contributed by atoms with Crippen LogP contribution < -0.4 is 16.2 Å². The highest BCUT2D eigenvalue weighted by Crippen LogP contribution is 2.20. The number of carbonyl (C=O) groups is 1. The second-order valence-electron chi connectivity index (χ2n) is 5.85. The Kier molecular flexibility index (Phi) is 5.51. The van der Waals surface area contributed by atoms with Crippen molar-refractivity contribution >= 4 is 17.3 Å². The van der Waals surface area contributed by atoms with Crippen molar-refractivity contribution in [3.8, 4) is 0 Å². The van der Waals surface area contributed by atoms with E-state index in [0.717, 1.165) is 0 Å². The summed E-state index contributed by atoms with van der Waals surface area (Å²) < 4.78 is 36.7. The first-order valence-electron chi connectivity index (χ1n) is 7.60. The summed E-state index contributed by atoms with van der Waals surface area (Å²) in [5.74, 6) is -0.476. The van der Waals surface area contributed by atoms with Crippen LogP contribution in [-0.2, 0) is 0 Å². The van der Waals surface area contributed by atoms with Crippen molar-refractivity contribution in [1.82, 2.24) is 4.98 Å². The molecule has 3 N–H and O–H groups in total. The summed E-state index contributed by atoms with van der Waals surface area (Å²) in [6, 6.07) is 8.67. The van der Waals surface area contributed by atoms with Crippen molar-refractivity contribution in [1.29, 1.82) is 0 Å². The number of aromatic amines is 1. The maximum Gasteiger partial charge on any atom is 0.405 e. The topological polar surface area (TPSA) is 74.0 Å². The Balaban J connectivity index is 2.14. The van der Waals surface area contributed by atoms with Crippen molar-refractivity contribution in [2.45, 2.75) is 25.9 Å². The molecule has 0 saturated heterocycles. The Morgan fingerprint density at radius 3 is 2.48 bits per heavy atom. The fraction of sp³-hybridized carbons (Fsp3) is 0.294. The monoisotopic (exact) mass is 353 g/mol. The van der Waals surface area contributed by atoms with Gasteiger partial charge in [0.15, 0.2) is 0 Å². The minimum Gasteiger partial charge on any atom is -0.376 e. The molecule has 0 radical (unpaired) electrons. The molecule has 0 aliphatic rings. The van der Waals surface area contributed by atoms with Gasteiger partial charge < -0.3 is 15.6 Å². The van der Waals surface area contributed by atoms with Crippen LogP contribution in [0.4, 0.5) is 24.5 Å². The van der Waals surface area contributed by atoms with Crippen LogP contribution in [0.5, 0.6) is 0 Å². The second-order valence-corrected chi connectivity index (χ2v) is 5.85. The Bertz CT molecular complexity index is 813. The zero-order chi connectivity index (χ0) is 18.6. The zero-order valence-electron chi connectivity index (χ0n) is 13.7. The SMILES string of the molecule is CC(C)c1cc(C(=O)Nc2cccc(NCC(F)(F)F)c2)cc(=O)[nH]1. The number of aromatic nitrogens is 1. The third kappa shape index (κ3) is 5.66. The van der Waals surface area contributed by atoms with Crippen LogP contribution in [0.2, 0.25) is 0 Å². The van der Waals surface area contributed by atoms with E-state index >= 15 is 0 Å². The van der Waals surface area contributed by atoms with Crippen molar-refractivity contribution in [2.75, 3.05) is 17.2 Å². The Morgan fingerprint density at radius 2 is 1.84 bits per heavy atom. The van der Waals surface area contributed by atoms with Crippen LogP contribution in [0.1, 0.15) is 35.8 Å². The van der Waals surface area contributed by atoms with Crippen LogP contribution in [0.25, 0.3) is 0 Å². The van der Waals surface area contributed by atoms with Gasteiger partial charge in [-0.1, -0.05) is 19.9 Å². The highest BCUT2D eigenvalue weighted by atomic mass is 19.4. The van der Waals surface area contributed by atoms with Gasteiger partial charge >= 0.3 is 6.18 Å². The van der Waals surface area contributed by atoms with E-state index in [2.05, 4.69) is 15.6 Å². The summed E-state index contributed by atoms with van der Waals surface area (Å²) in [6.07, 6.45) is -4.34. The summed E-state index contributed by atoms with van der Waals surface area (Å²) in [5, 5.41) is 4.82. The lowest BCUT2D eigenvalue weighted by Crippen LogP contribution is -2.21. The van der Waals surface area contributed by atoms with Crippen molar-refractivity contribution in [3.05, 3.63) is 58.0 Å². The third-order valence-corrected chi connectivity index (χ3v) is 3.36. The molecule has 8 heteroatoms. The first-order chi connectivity index (χ1) is 11.6. The van der Waals surface area contributed by atoms with Gasteiger partial charge in [-0.25, -0.2) is 0 Å². The first kappa shape index (κ1) is 18.6. The molecule has 0 atom stereocenters. The number of hydrogen-bond acceptors (Lipinski definition) is 3. The van der Waals surface area contributed by atoms with Crippen molar-refractivity contribution < 1.29 is 18.0 Å². The average Bonchev–Trinajstić information content (AvgIpc) is 2.52. The summed E-state index contributed by atoms with van der Waals surface area (Å²) >= 11 is 0. The van der Waals surface area contributed by atoms with Crippen LogP contribution in [0.15, 0.2) is 41.2 Å². The fourth-order valence-electron chi connectivity index (χ4n) is 2.12. The Hall–Kier alpha value is -2.77. The van der Waals surface area contributed by atoms with E-state index in [0.29, 0.717) is 11.4 Å². The molecule has 1 aromatic heterocycles. The zero-order valence-corrected chi connectivity index (χ0v) is 13.7. The van der Waals surface area contributed by atoms with Crippen LogP contribution in [0, 0.1) is 0 Å². The first-order valence-corrected chi connectivity index (χ1v) is 7.60. The number of amides is 1. The van der Waals surface area contributed by atoms with Gasteiger partial charge in [-0.05, 0) is 30.2 Å². The average molecular weight is 353 g/mol. The number of pyridine rings is 1. The number of H-pyrrole nitrogens is 1. The standard InChI is InChI=1S/C17H18F3N3O2/c1-10(2)14-6-11(7-15(24)23-14)16(25)22-13-5-3-4-12(8-13)21-9-17(18,19)20/h3-8,10,21H,9H2,1-2H3,(H,22,25)(H,23,24). The lowest BCUT2D eigenvalue weighted by Gasteiger charge is -2.12. The van der Waals surface area contributed by atoms with Crippen molar-refractivity contribution in [3.63, 3.8) is 0 Å². The number of carbonyl (C=O) groups excluding carboxylic acids is 1. The van der Waals surface area contributed by atoms with E-state index in [1.165, 1.54) is 24.3 Å². The number of rotatable bonds is 5. The number of halogens is 3. The highest BCUT2D eigenvalue weighted by Gasteiger charge is 2.26. The predicted molar refractivity (Wildman–Crippen MR) is 90.1 cm³/mol. The van der Waals surface area contributed by atoms with Crippen LogP contribution >= 0.6 is 0 Å². The van der Waals surface area contributed by atoms with E-state index in [9.17, 15) is 22.8 Å². The van der Waals surface area contributed by atoms with Gasteiger partial charge in [-0.2, -0.15) is 13.2 Å². The fourth-order valence-corrected chi connectivity index (χ4v) is 2.12. The van der Waals surface area contributed by atoms with Crippen LogP contribution in [-0.4, -0.2) is 23.6 Å². The van der Waals surface area contributed by atoms with E-state index in [1.54, 1.807) is 12.1 Å². The maximum atomic E-state index is 12.3. The van der Waals surface area contributed by atoms with E-state index < -0.39 is 24.2 Å². The molecule has 1 amide bonds. The van der Waals surface area contributed by atoms with E-state index in [-0.39, 0.29) is 17.2 Å². The van der Waals surface area contributed by atoms with Gasteiger partial charge in [-0.3, -0.25) is 9.59 Å². The molecule has 0 aliphatic heterocycles. The van der Waals surface area contributed by atoms with Gasteiger partial charge in [0.2, 0.25) is 5.56 Å². The number of hydrogen-bond donors (Lipinski definition) is 3. The van der Waals surface area contributed by atoms with Gasteiger partial charge in [-0.15, -0.1) is 0 Å². The van der Waals surface area contributed by atoms with E-state index in [1.807, 2.05) is 13.8 Å². The van der Waals surface area contributed by atoms with Gasteiger partial charge in [0.25, 0.3) is 5.91 Å². The molecule has 0 unspecified atom stereocenters. The molecular weight excluding hydrogens is 335 g/mol. The van der Waals surface area contributed by atoms with Gasteiger partial charge in [0.05, 0.1) is 0 Å². The van der Waals surface area contributed by atoms with Crippen LogP contribution in [0.3, 0.4) is 0 Å². The summed E-state index contributed by atoms with van der Waals surface area (Å²) in [5.41, 5.74) is 0.962. The molecule has 25 heavy (non-hydrogen) atoms. The second kappa shape index (κ2) is 7.42. The molecule has 5 nitrogen and oxygen atoms in total. The molecular formula is C17H18F3N3O2. The minimum atomic E-state index is -4.34. The molecule has 1 aromatic carbocycles. The maximum absolute atomic E-state index is 12.3. The number of benzene rings is 1. The van der Waals surface area contributed by atoms with Crippen molar-refractivity contribution in [2.24, 2.45) is 0 Å². The largest absolute Gasteiger partial charge is 0.405 e. The highest BCUT2D eigenvalue weighted by molar-refractivity contribution is 6.04. The third-order valence-electron chi connectivity index (χ3n) is 3.36. The van der Waals surface area contributed by atoms with E-state index in [4.69, 9.17) is 0 Å². The Labute approximate surface area is 142 Å². The lowest BCUT2D eigenvalue weighted by molar-refractivity contribution is -0.115. The molecule has 0 aliphatic carbocycles. The summed E-state index contributed by atoms with van der Waals surface area (Å²) in [6.45, 7) is 2.59. The molecule has 2 aromatic rings. The predicted octanol–water partition coefficient (Wildman–Crippen LogP) is 3.72. The Morgan fingerprint density at radius 1 is 1.16 bits per heavy atom. The normalized spacial score (nSPS) is 11.4. The molecule has 0 bridgehead atoms. The molecule has 0 saturated carbocycles. The van der Waals surface area contributed by atoms with Gasteiger partial charge in [0, 0.05) is 28.7 Å². The number of anilines is 2. The molecule has 2 rings (SSSR count). The minimum absolute atomic E-state index is 0.0374. The van der Waals surface area contributed by atoms with Gasteiger partial charge in [0.1, 0.15) is 6.54 Å². The smallest absolute Gasteiger partial charge is 0.376 e. The molecule has 134 valence electrons. The number of nitrogens with one attached hydrogen (secondary N) is 3.